The normalized spacial score (nSPS) is 22.3. The van der Waals surface area contributed by atoms with Crippen molar-refractivity contribution in [2.45, 2.75) is 24.9 Å². The molecule has 1 aromatic carbocycles. The standard InChI is InChI=1S/C21H21F4N3O/c22-16-5-2-14(3-6-16)17-12-18(17)20(29)28-9-1-8-27(10-11-28)19-7-4-15(13-26-19)21(23,24)25/h2-7,13,17-18H,1,8-12H2. The van der Waals surface area contributed by atoms with E-state index in [9.17, 15) is 22.4 Å². The summed E-state index contributed by atoms with van der Waals surface area (Å²) in [4.78, 5) is 20.6. The molecule has 2 heterocycles. The topological polar surface area (TPSA) is 36.4 Å². The fourth-order valence-electron chi connectivity index (χ4n) is 3.89. The maximum Gasteiger partial charge on any atom is 0.417 e. The van der Waals surface area contributed by atoms with Gasteiger partial charge in [-0.1, -0.05) is 12.1 Å². The molecule has 4 rings (SSSR count). The van der Waals surface area contributed by atoms with Gasteiger partial charge < -0.3 is 9.80 Å². The number of aromatic nitrogens is 1. The number of hydrogen-bond acceptors (Lipinski definition) is 3. The number of hydrogen-bond donors (Lipinski definition) is 0. The van der Waals surface area contributed by atoms with E-state index in [2.05, 4.69) is 4.98 Å². The van der Waals surface area contributed by atoms with Crippen molar-refractivity contribution in [1.82, 2.24) is 9.88 Å². The Labute approximate surface area is 166 Å². The quantitative estimate of drug-likeness (QED) is 0.720. The highest BCUT2D eigenvalue weighted by atomic mass is 19.4. The van der Waals surface area contributed by atoms with Crippen LogP contribution in [0.15, 0.2) is 42.6 Å². The van der Waals surface area contributed by atoms with E-state index in [1.165, 1.54) is 18.2 Å². The van der Waals surface area contributed by atoms with Crippen molar-refractivity contribution in [3.8, 4) is 0 Å². The molecule has 29 heavy (non-hydrogen) atoms. The van der Waals surface area contributed by atoms with E-state index in [-0.39, 0.29) is 23.6 Å². The number of halogens is 4. The monoisotopic (exact) mass is 407 g/mol. The van der Waals surface area contributed by atoms with Gasteiger partial charge in [0.25, 0.3) is 0 Å². The van der Waals surface area contributed by atoms with Gasteiger partial charge in [0, 0.05) is 38.3 Å². The van der Waals surface area contributed by atoms with Gasteiger partial charge in [-0.2, -0.15) is 13.2 Å². The summed E-state index contributed by atoms with van der Waals surface area (Å²) < 4.78 is 51.2. The lowest BCUT2D eigenvalue weighted by atomic mass is 10.1. The smallest absolute Gasteiger partial charge is 0.355 e. The molecule has 2 fully saturated rings. The number of nitrogens with zero attached hydrogens (tertiary/aromatic N) is 3. The van der Waals surface area contributed by atoms with Crippen LogP contribution < -0.4 is 4.90 Å². The van der Waals surface area contributed by atoms with Gasteiger partial charge in [0.1, 0.15) is 11.6 Å². The van der Waals surface area contributed by atoms with Crippen LogP contribution in [0.5, 0.6) is 0 Å². The van der Waals surface area contributed by atoms with E-state index in [4.69, 9.17) is 0 Å². The number of rotatable bonds is 3. The molecule has 0 spiro atoms. The Morgan fingerprint density at radius 3 is 2.41 bits per heavy atom. The first-order chi connectivity index (χ1) is 13.8. The number of alkyl halides is 3. The molecule has 8 heteroatoms. The average molecular weight is 407 g/mol. The molecule has 1 saturated carbocycles. The first-order valence-corrected chi connectivity index (χ1v) is 9.65. The summed E-state index contributed by atoms with van der Waals surface area (Å²) in [7, 11) is 0. The fraction of sp³-hybridized carbons (Fsp3) is 0.429. The lowest BCUT2D eigenvalue weighted by Crippen LogP contribution is -2.36. The fourth-order valence-corrected chi connectivity index (χ4v) is 3.89. The first-order valence-electron chi connectivity index (χ1n) is 9.65. The number of benzene rings is 1. The Hall–Kier alpha value is -2.64. The van der Waals surface area contributed by atoms with E-state index in [1.807, 2.05) is 9.80 Å². The molecule has 154 valence electrons. The highest BCUT2D eigenvalue weighted by Gasteiger charge is 2.45. The van der Waals surface area contributed by atoms with Crippen molar-refractivity contribution >= 4 is 11.7 Å². The third-order valence-electron chi connectivity index (χ3n) is 5.61. The molecule has 2 aliphatic rings. The van der Waals surface area contributed by atoms with Crippen molar-refractivity contribution in [2.75, 3.05) is 31.1 Å². The molecule has 2 atom stereocenters. The Bertz CT molecular complexity index is 867. The summed E-state index contributed by atoms with van der Waals surface area (Å²) in [6.07, 6.45) is -2.06. The van der Waals surface area contributed by atoms with Crippen LogP contribution in [0.25, 0.3) is 0 Å². The van der Waals surface area contributed by atoms with Gasteiger partial charge >= 0.3 is 6.18 Å². The summed E-state index contributed by atoms with van der Waals surface area (Å²) in [5.41, 5.74) is 0.212. The van der Waals surface area contributed by atoms with Crippen LogP contribution in [0, 0.1) is 11.7 Å². The molecule has 1 aliphatic carbocycles. The SMILES string of the molecule is O=C(C1CC1c1ccc(F)cc1)N1CCCN(c2ccc(C(F)(F)F)cn2)CC1. The molecule has 1 aromatic heterocycles. The molecule has 0 N–H and O–H groups in total. The van der Waals surface area contributed by atoms with E-state index in [0.29, 0.717) is 32.0 Å². The second-order valence-corrected chi connectivity index (χ2v) is 7.57. The molecule has 0 radical (unpaired) electrons. The van der Waals surface area contributed by atoms with Crippen LogP contribution in [0.4, 0.5) is 23.4 Å². The van der Waals surface area contributed by atoms with E-state index >= 15 is 0 Å². The minimum atomic E-state index is -4.40. The lowest BCUT2D eigenvalue weighted by Gasteiger charge is -2.23. The minimum Gasteiger partial charge on any atom is -0.355 e. The molecule has 2 aromatic rings. The minimum absolute atomic E-state index is 0.0730. The van der Waals surface area contributed by atoms with Crippen LogP contribution >= 0.6 is 0 Å². The van der Waals surface area contributed by atoms with Crippen molar-refractivity contribution in [1.29, 1.82) is 0 Å². The predicted octanol–water partition coefficient (Wildman–Crippen LogP) is 4.08. The zero-order chi connectivity index (χ0) is 20.6. The number of carbonyl (C=O) groups is 1. The largest absolute Gasteiger partial charge is 0.417 e. The number of pyridine rings is 1. The van der Waals surface area contributed by atoms with Crippen LogP contribution in [0.3, 0.4) is 0 Å². The molecule has 1 saturated heterocycles. The van der Waals surface area contributed by atoms with E-state index < -0.39 is 11.7 Å². The van der Waals surface area contributed by atoms with E-state index in [1.54, 1.807) is 12.1 Å². The predicted molar refractivity (Wildman–Crippen MR) is 99.9 cm³/mol. The Morgan fingerprint density at radius 1 is 1.00 bits per heavy atom. The van der Waals surface area contributed by atoms with Gasteiger partial charge in [-0.15, -0.1) is 0 Å². The number of anilines is 1. The van der Waals surface area contributed by atoms with Gasteiger partial charge in [-0.25, -0.2) is 9.37 Å². The first kappa shape index (κ1) is 19.7. The van der Waals surface area contributed by atoms with E-state index in [0.717, 1.165) is 30.7 Å². The van der Waals surface area contributed by atoms with Crippen molar-refractivity contribution in [2.24, 2.45) is 5.92 Å². The van der Waals surface area contributed by atoms with Crippen LogP contribution in [-0.4, -0.2) is 42.0 Å². The summed E-state index contributed by atoms with van der Waals surface area (Å²) in [5, 5.41) is 0. The van der Waals surface area contributed by atoms with Crippen LogP contribution in [0.1, 0.15) is 29.9 Å². The van der Waals surface area contributed by atoms with Crippen molar-refractivity contribution < 1.29 is 22.4 Å². The van der Waals surface area contributed by atoms with Gasteiger partial charge in [0.15, 0.2) is 0 Å². The molecule has 1 aliphatic heterocycles. The number of carbonyl (C=O) groups excluding carboxylic acids is 1. The zero-order valence-electron chi connectivity index (χ0n) is 15.7. The lowest BCUT2D eigenvalue weighted by molar-refractivity contribution is -0.137. The molecular formula is C21H21F4N3O. The van der Waals surface area contributed by atoms with Gasteiger partial charge in [-0.05, 0) is 48.6 Å². The van der Waals surface area contributed by atoms with Gasteiger partial charge in [0.05, 0.1) is 5.56 Å². The summed E-state index contributed by atoms with van der Waals surface area (Å²) in [6.45, 7) is 2.28. The molecule has 0 bridgehead atoms. The molecule has 2 unspecified atom stereocenters. The highest BCUT2D eigenvalue weighted by Crippen LogP contribution is 2.48. The summed E-state index contributed by atoms with van der Waals surface area (Å²) >= 11 is 0. The molecule has 1 amide bonds. The molecular weight excluding hydrogens is 386 g/mol. The Morgan fingerprint density at radius 2 is 1.76 bits per heavy atom. The van der Waals surface area contributed by atoms with Crippen LogP contribution in [0.2, 0.25) is 0 Å². The van der Waals surface area contributed by atoms with Crippen molar-refractivity contribution in [3.63, 3.8) is 0 Å². The summed E-state index contributed by atoms with van der Waals surface area (Å²) in [5.74, 6) is 0.362. The number of amides is 1. The second kappa shape index (κ2) is 7.65. The summed E-state index contributed by atoms with van der Waals surface area (Å²) in [6, 6.07) is 8.70. The third-order valence-corrected chi connectivity index (χ3v) is 5.61. The molecule has 4 nitrogen and oxygen atoms in total. The zero-order valence-corrected chi connectivity index (χ0v) is 15.7. The average Bonchev–Trinajstić information content (AvgIpc) is 3.51. The van der Waals surface area contributed by atoms with Crippen molar-refractivity contribution in [3.05, 3.63) is 59.5 Å². The Kier molecular flexibility index (Phi) is 5.19. The third kappa shape index (κ3) is 4.36. The maximum atomic E-state index is 13.1. The Balaban J connectivity index is 1.35. The van der Waals surface area contributed by atoms with Crippen LogP contribution in [-0.2, 0) is 11.0 Å². The van der Waals surface area contributed by atoms with Gasteiger partial charge in [0.2, 0.25) is 5.91 Å². The van der Waals surface area contributed by atoms with Gasteiger partial charge in [-0.3, -0.25) is 4.79 Å². The maximum absolute atomic E-state index is 13.1. The highest BCUT2D eigenvalue weighted by molar-refractivity contribution is 5.83. The second-order valence-electron chi connectivity index (χ2n) is 7.57.